The van der Waals surface area contributed by atoms with Gasteiger partial charge in [-0.3, -0.25) is 38.2 Å². The summed E-state index contributed by atoms with van der Waals surface area (Å²) in [5.74, 6) is 0.763. The molecule has 2 aliphatic heterocycles. The number of β-amino-alcohol motifs (C(OH)–C–C–N with tert-alkyl or cyclic N) is 2. The summed E-state index contributed by atoms with van der Waals surface area (Å²) in [4.78, 5) is 52.9. The van der Waals surface area contributed by atoms with Crippen LogP contribution in [0.5, 0.6) is 0 Å². The molecular weight excluding hydrogens is 717 g/mol. The zero-order chi connectivity index (χ0) is 37.7. The van der Waals surface area contributed by atoms with Gasteiger partial charge in [0, 0.05) is 110 Å². The molecule has 2 saturated heterocycles. The molecule has 0 bridgehead atoms. The molecule has 2 fully saturated rings. The van der Waals surface area contributed by atoms with Crippen LogP contribution in [0.3, 0.4) is 0 Å². The van der Waals surface area contributed by atoms with Crippen LogP contribution in [0.15, 0.2) is 24.3 Å². The summed E-state index contributed by atoms with van der Waals surface area (Å²) in [5.41, 5.74) is 0. The van der Waals surface area contributed by atoms with Crippen LogP contribution in [0, 0.1) is 11.8 Å². The van der Waals surface area contributed by atoms with Gasteiger partial charge in [0.25, 0.3) is 0 Å². The second-order valence-corrected chi connectivity index (χ2v) is 21.7. The number of nitrogens with zero attached hydrogens (tertiary/aromatic N) is 6. The molecule has 0 aromatic heterocycles. The van der Waals surface area contributed by atoms with Crippen LogP contribution < -0.4 is 0 Å². The van der Waals surface area contributed by atoms with E-state index in [1.54, 1.807) is 18.7 Å². The predicted molar refractivity (Wildman–Crippen MR) is 204 cm³/mol. The first kappa shape index (κ1) is 45.1. The molecule has 298 valence electrons. The van der Waals surface area contributed by atoms with E-state index in [-0.39, 0.29) is 31.2 Å². The summed E-state index contributed by atoms with van der Waals surface area (Å²) >= 11 is 0. The van der Waals surface area contributed by atoms with Gasteiger partial charge >= 0.3 is 7.60 Å². The fourth-order valence-corrected chi connectivity index (χ4v) is 10.7. The monoisotopic (exact) mass is 784 g/mol. The van der Waals surface area contributed by atoms with Gasteiger partial charge in [-0.1, -0.05) is 38.2 Å². The Hall–Kier alpha value is -0.310. The van der Waals surface area contributed by atoms with Gasteiger partial charge in [0.05, 0.1) is 24.8 Å². The van der Waals surface area contributed by atoms with Crippen molar-refractivity contribution in [2.24, 2.45) is 11.8 Å². The fourth-order valence-electron chi connectivity index (χ4n) is 7.02. The third-order valence-corrected chi connectivity index (χ3v) is 14.6. The lowest BCUT2D eigenvalue weighted by Crippen LogP contribution is -2.41. The summed E-state index contributed by atoms with van der Waals surface area (Å²) in [6.45, 7) is 14.3. The third kappa shape index (κ3) is 18.7. The molecule has 18 heteroatoms. The highest BCUT2D eigenvalue weighted by Crippen LogP contribution is 2.43. The van der Waals surface area contributed by atoms with Crippen LogP contribution >= 0.6 is 22.3 Å². The third-order valence-electron chi connectivity index (χ3n) is 10.2. The van der Waals surface area contributed by atoms with Gasteiger partial charge < -0.3 is 34.7 Å². The lowest BCUT2D eigenvalue weighted by Gasteiger charge is -2.31. The van der Waals surface area contributed by atoms with Crippen LogP contribution in [0.1, 0.15) is 33.6 Å². The second-order valence-electron chi connectivity index (χ2n) is 15.0. The molecule has 0 saturated carbocycles. The molecule has 0 amide bonds. The Labute approximate surface area is 306 Å². The van der Waals surface area contributed by atoms with E-state index in [2.05, 4.69) is 45.9 Å². The normalized spacial score (nSPS) is 27.3. The molecule has 3 rings (SSSR count). The summed E-state index contributed by atoms with van der Waals surface area (Å²) in [6.07, 6.45) is 8.08. The van der Waals surface area contributed by atoms with E-state index in [4.69, 9.17) is 0 Å². The molecule has 6 atom stereocenters. The fraction of sp³-hybridized carbons (Fsp3) is 0.879. The maximum Gasteiger partial charge on any atom is 0.339 e. The Morgan fingerprint density at radius 3 is 1.59 bits per heavy atom. The van der Waals surface area contributed by atoms with Crippen LogP contribution in [0.4, 0.5) is 0 Å². The Morgan fingerprint density at radius 2 is 1.10 bits per heavy atom. The van der Waals surface area contributed by atoms with Gasteiger partial charge in [-0.25, -0.2) is 0 Å². The van der Waals surface area contributed by atoms with Crippen LogP contribution in [-0.2, 0) is 13.7 Å². The van der Waals surface area contributed by atoms with Gasteiger partial charge in [0.15, 0.2) is 0 Å². The van der Waals surface area contributed by atoms with Crippen molar-refractivity contribution in [3.63, 3.8) is 0 Å². The first-order chi connectivity index (χ1) is 23.9. The number of rotatable bonds is 17. The lowest BCUT2D eigenvalue weighted by molar-refractivity contribution is 0.0903. The quantitative estimate of drug-likeness (QED) is 0.116. The number of allylic oxidation sites excluding steroid dienone is 3. The van der Waals surface area contributed by atoms with Gasteiger partial charge in [-0.2, -0.15) is 0 Å². The highest BCUT2D eigenvalue weighted by Gasteiger charge is 2.29. The minimum Gasteiger partial charge on any atom is -0.392 e. The summed E-state index contributed by atoms with van der Waals surface area (Å²) in [6, 6.07) is 0. The van der Waals surface area contributed by atoms with Gasteiger partial charge in [0.2, 0.25) is 14.7 Å². The van der Waals surface area contributed by atoms with Gasteiger partial charge in [0.1, 0.15) is 6.29 Å². The van der Waals surface area contributed by atoms with E-state index < -0.39 is 34.5 Å². The first-order valence-corrected chi connectivity index (χ1v) is 24.5. The second kappa shape index (κ2) is 21.7. The van der Waals surface area contributed by atoms with Crippen molar-refractivity contribution < 1.29 is 43.5 Å². The van der Waals surface area contributed by atoms with E-state index >= 15 is 0 Å². The van der Waals surface area contributed by atoms with Crippen molar-refractivity contribution in [1.29, 1.82) is 0 Å². The zero-order valence-corrected chi connectivity index (χ0v) is 33.8. The first-order valence-electron chi connectivity index (χ1n) is 18.6. The number of hydrogen-bond donors (Lipinski definition) is 6. The smallest absolute Gasteiger partial charge is 0.339 e. The Balaban J connectivity index is 1.55. The average molecular weight is 785 g/mol. The van der Waals surface area contributed by atoms with Crippen molar-refractivity contribution in [2.45, 2.75) is 45.8 Å². The molecular formula is C33H67N6O9P3. The van der Waals surface area contributed by atoms with E-state index in [1.165, 1.54) is 0 Å². The Bertz CT molecular complexity index is 1240. The maximum atomic E-state index is 13.5. The molecule has 3 aliphatic rings. The highest BCUT2D eigenvalue weighted by atomic mass is 31.2. The van der Waals surface area contributed by atoms with Crippen molar-refractivity contribution in [3.8, 4) is 0 Å². The largest absolute Gasteiger partial charge is 0.392 e. The molecule has 15 nitrogen and oxygen atoms in total. The molecule has 4 unspecified atom stereocenters. The molecule has 0 radical (unpaired) electrons. The molecule has 0 spiro atoms. The Morgan fingerprint density at radius 1 is 0.647 bits per heavy atom. The average Bonchev–Trinajstić information content (AvgIpc) is 3.17. The van der Waals surface area contributed by atoms with Crippen molar-refractivity contribution >= 4 is 22.3 Å². The summed E-state index contributed by atoms with van der Waals surface area (Å²) in [7, 11) is -11.1. The molecule has 0 aromatic carbocycles. The summed E-state index contributed by atoms with van der Waals surface area (Å²) < 4.78 is 37.9. The van der Waals surface area contributed by atoms with E-state index in [0.29, 0.717) is 103 Å². The van der Waals surface area contributed by atoms with E-state index in [0.717, 1.165) is 19.6 Å². The maximum absolute atomic E-state index is 13.5. The van der Waals surface area contributed by atoms with Gasteiger partial charge in [-0.05, 0) is 31.6 Å². The minimum atomic E-state index is -4.25. The van der Waals surface area contributed by atoms with E-state index in [9.17, 15) is 43.5 Å². The molecule has 0 aromatic rings. The van der Waals surface area contributed by atoms with Crippen LogP contribution in [0.25, 0.3) is 0 Å². The molecule has 1 aliphatic carbocycles. The number of aliphatic hydroxyl groups excluding tert-OH is 2. The molecule has 51 heavy (non-hydrogen) atoms. The standard InChI is InChI=1S/C33H67N6O9P3/c1-4-49(42,43)27-37-17-14-35(25-32-9-6-5-8-30(32)2)15-18-38(22-21-37)28-50(44,45)23-7-10-33(41)26-36-12-11-34(24-31(3)40)13-19-39(20-16-36)29-51(46,47)48/h5-6,8-9,30-33,40-41H,4,7,10-29H2,1-3H3,(H,42,43)(H,44,45)(H2,46,47,48)/t30?,31-,32?,33-/m0/s1. The SMILES string of the molecule is CCP(=O)(O)CN1CCN(CC2C=CC=CC2C)CCN(CP(=O)(O)CCC[C@H](O)CN2CCN(C[C@H](C)O)CCN(CP(=O)(O)O)CC2)CC1. The van der Waals surface area contributed by atoms with Crippen molar-refractivity contribution in [2.75, 3.05) is 129 Å². The van der Waals surface area contributed by atoms with Crippen molar-refractivity contribution in [1.82, 2.24) is 29.4 Å². The minimum absolute atomic E-state index is 0.0262. The van der Waals surface area contributed by atoms with Crippen molar-refractivity contribution in [3.05, 3.63) is 24.3 Å². The highest BCUT2D eigenvalue weighted by molar-refractivity contribution is 7.58. The molecule has 2 heterocycles. The topological polar surface area (TPSA) is 192 Å². The van der Waals surface area contributed by atoms with E-state index in [1.807, 2.05) is 9.80 Å². The molecule has 6 N–H and O–H groups in total. The van der Waals surface area contributed by atoms with Crippen LogP contribution in [-0.4, -0.2) is 201 Å². The zero-order valence-electron chi connectivity index (χ0n) is 31.1. The summed E-state index contributed by atoms with van der Waals surface area (Å²) in [5, 5.41) is 20.9. The lowest BCUT2D eigenvalue weighted by atomic mass is 9.89. The number of aliphatic hydroxyl groups is 2. The Kier molecular flexibility index (Phi) is 19.2. The predicted octanol–water partition coefficient (Wildman–Crippen LogP) is 1.34. The van der Waals surface area contributed by atoms with Crippen LogP contribution in [0.2, 0.25) is 0 Å². The number of hydrogen-bond acceptors (Lipinski definition) is 11. The van der Waals surface area contributed by atoms with Gasteiger partial charge in [-0.15, -0.1) is 0 Å².